The van der Waals surface area contributed by atoms with E-state index in [4.69, 9.17) is 0 Å². The number of para-hydroxylation sites is 2. The fourth-order valence-corrected chi connectivity index (χ4v) is 2.40. The second-order valence-corrected chi connectivity index (χ2v) is 4.59. The van der Waals surface area contributed by atoms with E-state index < -0.39 is 0 Å². The maximum Gasteiger partial charge on any atom is 0.231 e. The molecule has 0 aliphatic heterocycles. The van der Waals surface area contributed by atoms with E-state index in [1.807, 2.05) is 54.3 Å². The maximum absolute atomic E-state index is 4.64. The predicted octanol–water partition coefficient (Wildman–Crippen LogP) is 2.91. The largest absolute Gasteiger partial charge is 0.311 e. The predicted molar refractivity (Wildman–Crippen MR) is 75.3 cm³/mol. The highest BCUT2D eigenvalue weighted by Crippen LogP contribution is 2.19. The number of nitrogens with zero attached hydrogens (tertiary/aromatic N) is 4. The molecule has 0 unspecified atom stereocenters. The minimum Gasteiger partial charge on any atom is -0.311 e. The SMILES string of the molecule is Cn1c(-n2cc3ccccc3n2)nc2ccccc21. The molecule has 4 nitrogen and oxygen atoms in total. The number of fused-ring (bicyclic) bond motifs is 2. The molecule has 0 N–H and O–H groups in total. The smallest absolute Gasteiger partial charge is 0.231 e. The molecule has 92 valence electrons. The van der Waals surface area contributed by atoms with Crippen LogP contribution in [0.2, 0.25) is 0 Å². The van der Waals surface area contributed by atoms with Crippen LogP contribution in [0.4, 0.5) is 0 Å². The first kappa shape index (κ1) is 10.3. The van der Waals surface area contributed by atoms with E-state index >= 15 is 0 Å². The molecule has 4 aromatic rings. The number of hydrogen-bond acceptors (Lipinski definition) is 2. The molecule has 0 saturated carbocycles. The van der Waals surface area contributed by atoms with Gasteiger partial charge in [0.15, 0.2) is 0 Å². The summed E-state index contributed by atoms with van der Waals surface area (Å²) in [6, 6.07) is 16.2. The summed E-state index contributed by atoms with van der Waals surface area (Å²) in [6.07, 6.45) is 2.01. The summed E-state index contributed by atoms with van der Waals surface area (Å²) in [5.41, 5.74) is 3.08. The first-order valence-corrected chi connectivity index (χ1v) is 6.19. The molecule has 0 radical (unpaired) electrons. The third-order valence-corrected chi connectivity index (χ3v) is 3.38. The fraction of sp³-hybridized carbons (Fsp3) is 0.0667. The second-order valence-electron chi connectivity index (χ2n) is 4.59. The number of aromatic nitrogens is 4. The summed E-state index contributed by atoms with van der Waals surface area (Å²) >= 11 is 0. The number of imidazole rings is 1. The Labute approximate surface area is 109 Å². The van der Waals surface area contributed by atoms with Gasteiger partial charge in [0.2, 0.25) is 5.95 Å². The highest BCUT2D eigenvalue weighted by atomic mass is 15.4. The van der Waals surface area contributed by atoms with Crippen LogP contribution < -0.4 is 0 Å². The number of rotatable bonds is 1. The van der Waals surface area contributed by atoms with Crippen LogP contribution in [0.3, 0.4) is 0 Å². The third kappa shape index (κ3) is 1.46. The zero-order valence-corrected chi connectivity index (χ0v) is 10.5. The Morgan fingerprint density at radius 1 is 0.895 bits per heavy atom. The van der Waals surface area contributed by atoms with E-state index in [0.29, 0.717) is 0 Å². The van der Waals surface area contributed by atoms with Crippen molar-refractivity contribution < 1.29 is 0 Å². The molecule has 2 aromatic carbocycles. The third-order valence-electron chi connectivity index (χ3n) is 3.38. The van der Waals surface area contributed by atoms with Gasteiger partial charge in [-0.15, -0.1) is 0 Å². The normalized spacial score (nSPS) is 11.4. The molecule has 0 aliphatic carbocycles. The summed E-state index contributed by atoms with van der Waals surface area (Å²) in [4.78, 5) is 4.64. The molecule has 0 bridgehead atoms. The Morgan fingerprint density at radius 2 is 1.63 bits per heavy atom. The number of aryl methyl sites for hydroxylation is 1. The minimum absolute atomic E-state index is 0.831. The van der Waals surface area contributed by atoms with Gasteiger partial charge in [-0.1, -0.05) is 30.3 Å². The van der Waals surface area contributed by atoms with Crippen molar-refractivity contribution in [2.45, 2.75) is 0 Å². The molecule has 2 aromatic heterocycles. The summed E-state index contributed by atoms with van der Waals surface area (Å²) in [7, 11) is 2.01. The van der Waals surface area contributed by atoms with Crippen LogP contribution in [0, 0.1) is 0 Å². The fourth-order valence-electron chi connectivity index (χ4n) is 2.40. The molecular formula is C15H12N4. The molecule has 0 amide bonds. The first-order valence-electron chi connectivity index (χ1n) is 6.19. The van der Waals surface area contributed by atoms with Gasteiger partial charge in [0, 0.05) is 18.6 Å². The number of benzene rings is 2. The van der Waals surface area contributed by atoms with E-state index in [9.17, 15) is 0 Å². The lowest BCUT2D eigenvalue weighted by Gasteiger charge is -2.00. The molecule has 19 heavy (non-hydrogen) atoms. The molecule has 0 atom stereocenters. The Bertz CT molecular complexity index is 852. The summed E-state index contributed by atoms with van der Waals surface area (Å²) in [5, 5.41) is 5.69. The van der Waals surface area contributed by atoms with Gasteiger partial charge in [-0.2, -0.15) is 5.10 Å². The standard InChI is InChI=1S/C15H12N4/c1-18-14-9-5-4-8-13(14)16-15(18)19-10-11-6-2-3-7-12(11)17-19/h2-10H,1H3. The van der Waals surface area contributed by atoms with Crippen molar-refractivity contribution in [2.24, 2.45) is 7.05 Å². The van der Waals surface area contributed by atoms with Gasteiger partial charge < -0.3 is 4.57 Å². The molecule has 0 aliphatic rings. The lowest BCUT2D eigenvalue weighted by molar-refractivity contribution is 0.768. The van der Waals surface area contributed by atoms with E-state index in [0.717, 1.165) is 27.9 Å². The zero-order chi connectivity index (χ0) is 12.8. The van der Waals surface area contributed by atoms with E-state index in [1.165, 1.54) is 0 Å². The quantitative estimate of drug-likeness (QED) is 0.519. The molecule has 4 heteroatoms. The Balaban J connectivity index is 2.01. The monoisotopic (exact) mass is 248 g/mol. The molecule has 4 rings (SSSR count). The van der Waals surface area contributed by atoms with Crippen LogP contribution in [0.25, 0.3) is 27.9 Å². The van der Waals surface area contributed by atoms with Crippen molar-refractivity contribution in [3.63, 3.8) is 0 Å². The first-order chi connectivity index (χ1) is 9.33. The van der Waals surface area contributed by atoms with Gasteiger partial charge in [0.25, 0.3) is 0 Å². The van der Waals surface area contributed by atoms with Crippen LogP contribution >= 0.6 is 0 Å². The minimum atomic E-state index is 0.831. The molecular weight excluding hydrogens is 236 g/mol. The van der Waals surface area contributed by atoms with Crippen LogP contribution in [-0.4, -0.2) is 19.3 Å². The lowest BCUT2D eigenvalue weighted by atomic mass is 10.3. The molecule has 0 saturated heterocycles. The van der Waals surface area contributed by atoms with Crippen LogP contribution in [-0.2, 0) is 7.05 Å². The van der Waals surface area contributed by atoms with Crippen LogP contribution in [0.5, 0.6) is 0 Å². The summed E-state index contributed by atoms with van der Waals surface area (Å²) in [6.45, 7) is 0. The molecule has 2 heterocycles. The molecule has 0 spiro atoms. The van der Waals surface area contributed by atoms with Crippen molar-refractivity contribution in [3.05, 3.63) is 54.7 Å². The summed E-state index contributed by atoms with van der Waals surface area (Å²) in [5.74, 6) is 0.831. The van der Waals surface area contributed by atoms with Crippen molar-refractivity contribution in [1.29, 1.82) is 0 Å². The van der Waals surface area contributed by atoms with Gasteiger partial charge in [-0.3, -0.25) is 0 Å². The van der Waals surface area contributed by atoms with Crippen molar-refractivity contribution in [3.8, 4) is 5.95 Å². The average Bonchev–Trinajstić information content (AvgIpc) is 3.00. The van der Waals surface area contributed by atoms with E-state index in [2.05, 4.69) is 26.8 Å². The average molecular weight is 248 g/mol. The van der Waals surface area contributed by atoms with Gasteiger partial charge in [-0.05, 0) is 18.2 Å². The Hall–Kier alpha value is -2.62. The lowest BCUT2D eigenvalue weighted by Crippen LogP contribution is -2.03. The second kappa shape index (κ2) is 3.68. The van der Waals surface area contributed by atoms with Crippen molar-refractivity contribution >= 4 is 21.9 Å². The van der Waals surface area contributed by atoms with Crippen molar-refractivity contribution in [1.82, 2.24) is 19.3 Å². The maximum atomic E-state index is 4.64. The zero-order valence-electron chi connectivity index (χ0n) is 10.5. The Kier molecular flexibility index (Phi) is 2.00. The van der Waals surface area contributed by atoms with Crippen LogP contribution in [0.1, 0.15) is 0 Å². The highest BCUT2D eigenvalue weighted by molar-refractivity contribution is 5.79. The van der Waals surface area contributed by atoms with Gasteiger partial charge in [-0.25, -0.2) is 9.67 Å². The van der Waals surface area contributed by atoms with Gasteiger partial charge >= 0.3 is 0 Å². The summed E-state index contributed by atoms with van der Waals surface area (Å²) < 4.78 is 3.89. The van der Waals surface area contributed by atoms with E-state index in [-0.39, 0.29) is 0 Å². The Morgan fingerprint density at radius 3 is 2.42 bits per heavy atom. The van der Waals surface area contributed by atoms with Gasteiger partial charge in [0.1, 0.15) is 0 Å². The highest BCUT2D eigenvalue weighted by Gasteiger charge is 2.10. The van der Waals surface area contributed by atoms with Gasteiger partial charge in [0.05, 0.1) is 16.6 Å². The topological polar surface area (TPSA) is 35.6 Å². The molecule has 0 fully saturated rings. The number of hydrogen-bond donors (Lipinski definition) is 0. The van der Waals surface area contributed by atoms with Crippen LogP contribution in [0.15, 0.2) is 54.7 Å². The van der Waals surface area contributed by atoms with E-state index in [1.54, 1.807) is 0 Å². The van der Waals surface area contributed by atoms with Crippen molar-refractivity contribution in [2.75, 3.05) is 0 Å².